The number of nitrogens with zero attached hydrogens (tertiary/aromatic N) is 3. The van der Waals surface area contributed by atoms with E-state index in [4.69, 9.17) is 0 Å². The van der Waals surface area contributed by atoms with Gasteiger partial charge in [-0.05, 0) is 13.8 Å². The Morgan fingerprint density at radius 1 is 1.00 bits per heavy atom. The molecule has 3 N–H and O–H groups in total. The molecular weight excluding hydrogens is 382 g/mol. The van der Waals surface area contributed by atoms with Gasteiger partial charge >= 0.3 is 34.9 Å². The van der Waals surface area contributed by atoms with Crippen molar-refractivity contribution in [1.29, 1.82) is 0 Å². The predicted molar refractivity (Wildman–Crippen MR) is 90.7 cm³/mol. The smallest absolute Gasteiger partial charge is 0.343 e. The van der Waals surface area contributed by atoms with Crippen molar-refractivity contribution in [1.82, 2.24) is 13.7 Å². The topological polar surface area (TPSA) is 179 Å². The number of esters is 2. The van der Waals surface area contributed by atoms with Crippen LogP contribution >= 0.6 is 0 Å². The van der Waals surface area contributed by atoms with Gasteiger partial charge in [0, 0.05) is 12.2 Å². The highest BCUT2D eigenvalue weighted by Crippen LogP contribution is 2.13. The van der Waals surface area contributed by atoms with E-state index in [2.05, 4.69) is 22.6 Å². The number of hydrogen-bond donors (Lipinski definition) is 3. The summed E-state index contributed by atoms with van der Waals surface area (Å²) in [5.74, 6) is -5.69. The van der Waals surface area contributed by atoms with Gasteiger partial charge in [0.1, 0.15) is 12.5 Å². The molecule has 0 aliphatic rings. The van der Waals surface area contributed by atoms with Gasteiger partial charge in [-0.15, -0.1) is 0 Å². The molecule has 0 aromatic carbocycles. The molecule has 28 heavy (non-hydrogen) atoms. The second-order valence-corrected chi connectivity index (χ2v) is 5.37. The Kier molecular flexibility index (Phi) is 6.99. The van der Waals surface area contributed by atoms with Crippen LogP contribution in [0.15, 0.2) is 39.7 Å². The molecular formula is C15H19N3O10. The van der Waals surface area contributed by atoms with Crippen molar-refractivity contribution in [2.24, 2.45) is 0 Å². The zero-order valence-corrected chi connectivity index (χ0v) is 15.0. The molecule has 13 heteroatoms. The summed E-state index contributed by atoms with van der Waals surface area (Å²) in [6, 6.07) is 0. The number of hydrogen-bond acceptors (Lipinski definition) is 10. The number of carbonyl (C=O) groups excluding carboxylic acids is 2. The molecule has 13 nitrogen and oxygen atoms in total. The third-order valence-electron chi connectivity index (χ3n) is 3.30. The van der Waals surface area contributed by atoms with Crippen LogP contribution in [-0.2, 0) is 25.0 Å². The van der Waals surface area contributed by atoms with Crippen molar-refractivity contribution in [3.8, 4) is 0 Å². The Bertz CT molecular complexity index is 921. The van der Waals surface area contributed by atoms with E-state index < -0.39 is 54.0 Å². The minimum absolute atomic E-state index is 0.0934. The predicted octanol–water partition coefficient (Wildman–Crippen LogP) is -2.75. The zero-order chi connectivity index (χ0) is 21.8. The minimum atomic E-state index is -3.25. The Morgan fingerprint density at radius 3 is 1.79 bits per heavy atom. The third kappa shape index (κ3) is 4.33. The van der Waals surface area contributed by atoms with Crippen LogP contribution < -0.4 is 17.1 Å². The molecule has 0 fully saturated rings. The first-order valence-electron chi connectivity index (χ1n) is 7.65. The normalized spacial score (nSPS) is 15.0. The van der Waals surface area contributed by atoms with Crippen LogP contribution in [0.25, 0.3) is 0 Å². The standard InChI is InChI=1S/C15H19N3O10/c1-5-10(21)27-7-15(26,28-11(22)6-2)18-13(24)16(8(3)19)12(23)17(9(4)20)14(18)25/h5-6,8-9,19-20,26H,1-2,7H2,3-4H3. The first kappa shape index (κ1) is 22.8. The van der Waals surface area contributed by atoms with Crippen LogP contribution in [0.3, 0.4) is 0 Å². The summed E-state index contributed by atoms with van der Waals surface area (Å²) in [7, 11) is 0. The lowest BCUT2D eigenvalue weighted by molar-refractivity contribution is -0.273. The Morgan fingerprint density at radius 2 is 1.43 bits per heavy atom. The van der Waals surface area contributed by atoms with Crippen molar-refractivity contribution in [2.75, 3.05) is 6.61 Å². The van der Waals surface area contributed by atoms with Crippen LogP contribution in [-0.4, -0.2) is 47.6 Å². The molecule has 154 valence electrons. The molecule has 1 rings (SSSR count). The minimum Gasteiger partial charge on any atom is -0.453 e. The fraction of sp³-hybridized carbons (Fsp3) is 0.400. The van der Waals surface area contributed by atoms with E-state index >= 15 is 0 Å². The SMILES string of the molecule is C=CC(=O)OCC(O)(OC(=O)C=C)n1c(=O)n(C(C)O)c(=O)n(C(C)O)c1=O. The summed E-state index contributed by atoms with van der Waals surface area (Å²) in [6.07, 6.45) is -2.37. The fourth-order valence-corrected chi connectivity index (χ4v) is 2.08. The van der Waals surface area contributed by atoms with E-state index in [1.165, 1.54) is 0 Å². The van der Waals surface area contributed by atoms with Crippen LogP contribution in [0.5, 0.6) is 0 Å². The molecule has 0 spiro atoms. The van der Waals surface area contributed by atoms with Gasteiger partial charge in [-0.1, -0.05) is 13.2 Å². The van der Waals surface area contributed by atoms with E-state index in [9.17, 15) is 39.3 Å². The number of aromatic nitrogens is 3. The average molecular weight is 401 g/mol. The Hall–Kier alpha value is -3.29. The number of ether oxygens (including phenoxy) is 2. The second-order valence-electron chi connectivity index (χ2n) is 5.37. The highest BCUT2D eigenvalue weighted by atomic mass is 16.7. The maximum absolute atomic E-state index is 12.6. The third-order valence-corrected chi connectivity index (χ3v) is 3.30. The van der Waals surface area contributed by atoms with E-state index in [0.29, 0.717) is 12.2 Å². The lowest BCUT2D eigenvalue weighted by Crippen LogP contribution is -2.63. The van der Waals surface area contributed by atoms with E-state index in [0.717, 1.165) is 13.8 Å². The van der Waals surface area contributed by atoms with Gasteiger partial charge in [0.05, 0.1) is 0 Å². The molecule has 0 saturated carbocycles. The number of carbonyl (C=O) groups is 2. The van der Waals surface area contributed by atoms with Crippen molar-refractivity contribution in [2.45, 2.75) is 32.2 Å². The Labute approximate surface area is 156 Å². The summed E-state index contributed by atoms with van der Waals surface area (Å²) in [4.78, 5) is 60.3. The van der Waals surface area contributed by atoms with Gasteiger partial charge in [-0.3, -0.25) is 0 Å². The van der Waals surface area contributed by atoms with Crippen molar-refractivity contribution in [3.63, 3.8) is 0 Å². The lowest BCUT2D eigenvalue weighted by atomic mass is 10.4. The summed E-state index contributed by atoms with van der Waals surface area (Å²) < 4.78 is 9.17. The van der Waals surface area contributed by atoms with Gasteiger partial charge < -0.3 is 24.8 Å². The monoisotopic (exact) mass is 401 g/mol. The Balaban J connectivity index is 3.93. The van der Waals surface area contributed by atoms with Gasteiger partial charge in [-0.2, -0.15) is 4.57 Å². The molecule has 3 atom stereocenters. The highest BCUT2D eigenvalue weighted by molar-refractivity contribution is 5.82. The maximum atomic E-state index is 12.6. The number of aliphatic hydroxyl groups excluding tert-OH is 2. The van der Waals surface area contributed by atoms with Crippen LogP contribution in [0.1, 0.15) is 26.3 Å². The molecule has 0 amide bonds. The summed E-state index contributed by atoms with van der Waals surface area (Å²) >= 11 is 0. The van der Waals surface area contributed by atoms with Crippen molar-refractivity contribution >= 4 is 11.9 Å². The van der Waals surface area contributed by atoms with Gasteiger partial charge in [0.2, 0.25) is 0 Å². The molecule has 0 radical (unpaired) electrons. The van der Waals surface area contributed by atoms with Gasteiger partial charge in [0.25, 0.3) is 0 Å². The number of aliphatic hydroxyl groups is 3. The summed E-state index contributed by atoms with van der Waals surface area (Å²) in [6.45, 7) is 6.88. The van der Waals surface area contributed by atoms with E-state index in [1.807, 2.05) is 0 Å². The van der Waals surface area contributed by atoms with Gasteiger partial charge in [-0.25, -0.2) is 33.1 Å². The van der Waals surface area contributed by atoms with Gasteiger partial charge in [0.15, 0.2) is 6.61 Å². The molecule has 1 aromatic rings. The molecule has 0 aliphatic carbocycles. The molecule has 1 heterocycles. The molecule has 1 aromatic heterocycles. The van der Waals surface area contributed by atoms with Crippen LogP contribution in [0, 0.1) is 0 Å². The lowest BCUT2D eigenvalue weighted by Gasteiger charge is -2.29. The fourth-order valence-electron chi connectivity index (χ4n) is 2.08. The zero-order valence-electron chi connectivity index (χ0n) is 15.0. The summed E-state index contributed by atoms with van der Waals surface area (Å²) in [5.41, 5.74) is -4.64. The van der Waals surface area contributed by atoms with Crippen molar-refractivity contribution < 1.29 is 34.4 Å². The van der Waals surface area contributed by atoms with E-state index in [1.54, 1.807) is 0 Å². The largest absolute Gasteiger partial charge is 0.453 e. The molecule has 0 bridgehead atoms. The first-order chi connectivity index (χ1) is 12.9. The van der Waals surface area contributed by atoms with Crippen molar-refractivity contribution in [3.05, 3.63) is 56.8 Å². The first-order valence-corrected chi connectivity index (χ1v) is 7.65. The second kappa shape index (κ2) is 8.60. The van der Waals surface area contributed by atoms with Crippen LogP contribution in [0.4, 0.5) is 0 Å². The van der Waals surface area contributed by atoms with E-state index in [-0.39, 0.29) is 13.7 Å². The van der Waals surface area contributed by atoms with Crippen LogP contribution in [0.2, 0.25) is 0 Å². The summed E-state index contributed by atoms with van der Waals surface area (Å²) in [5, 5.41) is 30.1. The average Bonchev–Trinajstić information content (AvgIpc) is 2.58. The molecule has 0 saturated heterocycles. The highest BCUT2D eigenvalue weighted by Gasteiger charge is 2.41. The molecule has 0 aliphatic heterocycles. The molecule has 3 unspecified atom stereocenters. The maximum Gasteiger partial charge on any atom is 0.343 e. The quantitative estimate of drug-likeness (QED) is 0.235. The number of rotatable bonds is 8.